The van der Waals surface area contributed by atoms with Crippen molar-refractivity contribution >= 4 is 23.5 Å². The average Bonchev–Trinajstić information content (AvgIpc) is 3.37. The third-order valence-electron chi connectivity index (χ3n) is 4.48. The molecule has 158 valence electrons. The first-order valence-electron chi connectivity index (χ1n) is 9.70. The van der Waals surface area contributed by atoms with Crippen molar-refractivity contribution in [2.75, 3.05) is 5.32 Å². The first kappa shape index (κ1) is 20.7. The number of aromatic nitrogens is 3. The molecule has 31 heavy (non-hydrogen) atoms. The molecule has 0 fully saturated rings. The smallest absolute Gasteiger partial charge is 0.293 e. The van der Waals surface area contributed by atoms with Crippen molar-refractivity contribution in [2.24, 2.45) is 0 Å². The summed E-state index contributed by atoms with van der Waals surface area (Å²) in [6.45, 7) is 4.77. The second-order valence-corrected chi connectivity index (χ2v) is 7.66. The first-order chi connectivity index (χ1) is 14.9. The Morgan fingerprint density at radius 3 is 2.58 bits per heavy atom. The molecule has 4 rings (SSSR count). The standard InChI is InChI=1S/C23H21ClN4O3/c1-15-9-16(2)11-20(10-15)30-13-19-7-8-21(31-19)22(29)26-23-25-14-28(27-23)12-17-3-5-18(24)6-4-17/h3-11,14H,12-13H2,1-2H3,(H,26,27,29). The monoisotopic (exact) mass is 436 g/mol. The fourth-order valence-corrected chi connectivity index (χ4v) is 3.24. The number of nitrogens with zero attached hydrogens (tertiary/aromatic N) is 3. The Balaban J connectivity index is 1.33. The van der Waals surface area contributed by atoms with E-state index in [2.05, 4.69) is 21.5 Å². The molecule has 0 aliphatic heterocycles. The van der Waals surface area contributed by atoms with Crippen LogP contribution in [0.1, 0.15) is 33.0 Å². The molecule has 4 aromatic rings. The number of halogens is 1. The molecule has 1 N–H and O–H groups in total. The highest BCUT2D eigenvalue weighted by atomic mass is 35.5. The quantitative estimate of drug-likeness (QED) is 0.439. The van der Waals surface area contributed by atoms with Gasteiger partial charge in [0.2, 0.25) is 5.95 Å². The zero-order valence-electron chi connectivity index (χ0n) is 17.1. The van der Waals surface area contributed by atoms with E-state index >= 15 is 0 Å². The molecule has 7 nitrogen and oxygen atoms in total. The number of anilines is 1. The van der Waals surface area contributed by atoms with Gasteiger partial charge < -0.3 is 9.15 Å². The van der Waals surface area contributed by atoms with Crippen molar-refractivity contribution < 1.29 is 13.9 Å². The van der Waals surface area contributed by atoms with E-state index in [4.69, 9.17) is 20.8 Å². The Morgan fingerprint density at radius 1 is 1.10 bits per heavy atom. The maximum atomic E-state index is 12.4. The van der Waals surface area contributed by atoms with Crippen LogP contribution in [0.4, 0.5) is 5.95 Å². The Kier molecular flexibility index (Phi) is 6.04. The topological polar surface area (TPSA) is 82.2 Å². The molecule has 0 atom stereocenters. The van der Waals surface area contributed by atoms with E-state index in [0.717, 1.165) is 22.4 Å². The zero-order chi connectivity index (χ0) is 21.8. The number of nitrogens with one attached hydrogen (secondary N) is 1. The summed E-state index contributed by atoms with van der Waals surface area (Å²) in [6.07, 6.45) is 1.55. The van der Waals surface area contributed by atoms with Crippen LogP contribution in [0.3, 0.4) is 0 Å². The number of hydrogen-bond donors (Lipinski definition) is 1. The lowest BCUT2D eigenvalue weighted by atomic mass is 10.1. The molecule has 2 aromatic heterocycles. The van der Waals surface area contributed by atoms with Crippen LogP contribution in [0.15, 0.2) is 65.3 Å². The van der Waals surface area contributed by atoms with Gasteiger partial charge in [-0.05, 0) is 66.9 Å². The molecule has 2 heterocycles. The number of hydrogen-bond acceptors (Lipinski definition) is 5. The molecule has 0 saturated carbocycles. The van der Waals surface area contributed by atoms with Crippen molar-refractivity contribution in [2.45, 2.75) is 27.0 Å². The van der Waals surface area contributed by atoms with Crippen LogP contribution in [0.5, 0.6) is 5.75 Å². The van der Waals surface area contributed by atoms with Crippen molar-refractivity contribution in [1.29, 1.82) is 0 Å². The SMILES string of the molecule is Cc1cc(C)cc(OCc2ccc(C(=O)Nc3ncn(Cc4ccc(Cl)cc4)n3)o2)c1. The summed E-state index contributed by atoms with van der Waals surface area (Å²) in [5.74, 6) is 1.24. The molecule has 0 spiro atoms. The molecule has 0 aliphatic carbocycles. The van der Waals surface area contributed by atoms with Gasteiger partial charge in [0.05, 0.1) is 6.54 Å². The maximum absolute atomic E-state index is 12.4. The lowest BCUT2D eigenvalue weighted by molar-refractivity contribution is 0.0991. The number of carbonyl (C=O) groups excluding carboxylic acids is 1. The van der Waals surface area contributed by atoms with Crippen molar-refractivity contribution in [3.8, 4) is 5.75 Å². The predicted molar refractivity (Wildman–Crippen MR) is 117 cm³/mol. The fourth-order valence-electron chi connectivity index (χ4n) is 3.12. The number of benzene rings is 2. The molecule has 0 radical (unpaired) electrons. The van der Waals surface area contributed by atoms with E-state index in [-0.39, 0.29) is 18.3 Å². The molecule has 0 saturated heterocycles. The molecule has 2 aromatic carbocycles. The molecule has 0 bridgehead atoms. The number of furan rings is 1. The highest BCUT2D eigenvalue weighted by molar-refractivity contribution is 6.30. The van der Waals surface area contributed by atoms with E-state index in [1.54, 1.807) is 23.1 Å². The van der Waals surface area contributed by atoms with Crippen LogP contribution in [0, 0.1) is 13.8 Å². The van der Waals surface area contributed by atoms with Gasteiger partial charge in [0.15, 0.2) is 5.76 Å². The Hall–Kier alpha value is -3.58. The third kappa shape index (κ3) is 5.52. The van der Waals surface area contributed by atoms with E-state index in [9.17, 15) is 4.79 Å². The van der Waals surface area contributed by atoms with Crippen LogP contribution >= 0.6 is 11.6 Å². The predicted octanol–water partition coefficient (Wildman–Crippen LogP) is 5.02. The van der Waals surface area contributed by atoms with Gasteiger partial charge in [-0.15, -0.1) is 5.10 Å². The van der Waals surface area contributed by atoms with Gasteiger partial charge in [0, 0.05) is 5.02 Å². The molecule has 0 unspecified atom stereocenters. The number of carbonyl (C=O) groups is 1. The second-order valence-electron chi connectivity index (χ2n) is 7.22. The van der Waals surface area contributed by atoms with Gasteiger partial charge in [-0.1, -0.05) is 29.8 Å². The molecule has 0 aliphatic rings. The van der Waals surface area contributed by atoms with Gasteiger partial charge in [-0.3, -0.25) is 10.1 Å². The minimum atomic E-state index is -0.429. The summed E-state index contributed by atoms with van der Waals surface area (Å²) >= 11 is 5.90. The first-order valence-corrected chi connectivity index (χ1v) is 10.1. The minimum absolute atomic E-state index is 0.160. The Morgan fingerprint density at radius 2 is 1.84 bits per heavy atom. The summed E-state index contributed by atoms with van der Waals surface area (Å²) < 4.78 is 13.0. The van der Waals surface area contributed by atoms with Crippen LogP contribution in [-0.4, -0.2) is 20.7 Å². The summed E-state index contributed by atoms with van der Waals surface area (Å²) in [7, 11) is 0. The normalized spacial score (nSPS) is 10.8. The molecular weight excluding hydrogens is 416 g/mol. The van der Waals surface area contributed by atoms with E-state index in [0.29, 0.717) is 17.3 Å². The zero-order valence-corrected chi connectivity index (χ0v) is 17.9. The highest BCUT2D eigenvalue weighted by Gasteiger charge is 2.14. The lowest BCUT2D eigenvalue weighted by Crippen LogP contribution is -2.12. The third-order valence-corrected chi connectivity index (χ3v) is 4.73. The molecule has 8 heteroatoms. The summed E-state index contributed by atoms with van der Waals surface area (Å²) in [5, 5.41) is 7.58. The second kappa shape index (κ2) is 9.06. The highest BCUT2D eigenvalue weighted by Crippen LogP contribution is 2.19. The Labute approximate surface area is 184 Å². The van der Waals surface area contributed by atoms with Gasteiger partial charge in [-0.2, -0.15) is 0 Å². The average molecular weight is 437 g/mol. The van der Waals surface area contributed by atoms with E-state index in [1.807, 2.05) is 50.2 Å². The minimum Gasteiger partial charge on any atom is -0.486 e. The molecule has 1 amide bonds. The van der Waals surface area contributed by atoms with Gasteiger partial charge >= 0.3 is 0 Å². The van der Waals surface area contributed by atoms with E-state index < -0.39 is 5.91 Å². The molecular formula is C23H21ClN4O3. The Bertz CT molecular complexity index is 1180. The van der Waals surface area contributed by atoms with E-state index in [1.165, 1.54) is 0 Å². The van der Waals surface area contributed by atoms with Crippen LogP contribution < -0.4 is 10.1 Å². The van der Waals surface area contributed by atoms with Crippen molar-refractivity contribution in [1.82, 2.24) is 14.8 Å². The van der Waals surface area contributed by atoms with Crippen molar-refractivity contribution in [3.63, 3.8) is 0 Å². The van der Waals surface area contributed by atoms with Crippen LogP contribution in [0.2, 0.25) is 5.02 Å². The van der Waals surface area contributed by atoms with Gasteiger partial charge in [-0.25, -0.2) is 9.67 Å². The fraction of sp³-hybridized carbons (Fsp3) is 0.174. The van der Waals surface area contributed by atoms with Gasteiger partial charge in [0.1, 0.15) is 24.4 Å². The van der Waals surface area contributed by atoms with Crippen LogP contribution in [0.25, 0.3) is 0 Å². The lowest BCUT2D eigenvalue weighted by Gasteiger charge is -2.06. The summed E-state index contributed by atoms with van der Waals surface area (Å²) in [4.78, 5) is 16.6. The van der Waals surface area contributed by atoms with Gasteiger partial charge in [0.25, 0.3) is 5.91 Å². The largest absolute Gasteiger partial charge is 0.486 e. The maximum Gasteiger partial charge on any atom is 0.293 e. The van der Waals surface area contributed by atoms with Crippen LogP contribution in [-0.2, 0) is 13.2 Å². The number of amides is 1. The summed E-state index contributed by atoms with van der Waals surface area (Å²) in [6, 6.07) is 16.7. The van der Waals surface area contributed by atoms with Crippen molar-refractivity contribution in [3.05, 3.63) is 94.2 Å². The number of rotatable bonds is 7. The summed E-state index contributed by atoms with van der Waals surface area (Å²) in [5.41, 5.74) is 3.27. The number of ether oxygens (including phenoxy) is 1. The number of aryl methyl sites for hydroxylation is 2.